The third-order valence-corrected chi connectivity index (χ3v) is 3.55. The van der Waals surface area contributed by atoms with Crippen LogP contribution in [0.3, 0.4) is 0 Å². The normalized spacial score (nSPS) is 14.6. The van der Waals surface area contributed by atoms with Crippen LogP contribution in [0.25, 0.3) is 10.8 Å². The monoisotopic (exact) mass is 243 g/mol. The molecular weight excluding hydrogens is 222 g/mol. The van der Waals surface area contributed by atoms with Crippen LogP contribution >= 0.6 is 0 Å². The van der Waals surface area contributed by atoms with Crippen molar-refractivity contribution in [1.29, 1.82) is 0 Å². The summed E-state index contributed by atoms with van der Waals surface area (Å²) in [6, 6.07) is 14.2. The molecule has 0 aliphatic rings. The summed E-state index contributed by atoms with van der Waals surface area (Å²) in [6.45, 7) is 2.65. The van der Waals surface area contributed by atoms with E-state index in [2.05, 4.69) is 25.1 Å². The molecule has 2 aromatic rings. The maximum Gasteiger partial charge on any atom is 0.0836 e. The largest absolute Gasteiger partial charge is 0.388 e. The molecule has 2 aromatic carbocycles. The molecule has 0 amide bonds. The van der Waals surface area contributed by atoms with Crippen LogP contribution in [0.4, 0.5) is 0 Å². The van der Waals surface area contributed by atoms with Crippen molar-refractivity contribution in [1.82, 2.24) is 0 Å². The fraction of sp³-hybridized carbons (Fsp3) is 0.375. The van der Waals surface area contributed by atoms with Gasteiger partial charge in [-0.05, 0) is 29.3 Å². The molecule has 0 aliphatic heterocycles. The van der Waals surface area contributed by atoms with Crippen molar-refractivity contribution in [3.8, 4) is 0 Å². The maximum atomic E-state index is 10.5. The van der Waals surface area contributed by atoms with E-state index in [1.54, 1.807) is 0 Å². The zero-order valence-corrected chi connectivity index (χ0v) is 10.8. The van der Waals surface area contributed by atoms with Gasteiger partial charge in [0.1, 0.15) is 0 Å². The Morgan fingerprint density at radius 2 is 1.83 bits per heavy atom. The SMILES string of the molecule is CCCC(CN)C(O)c1cccc2ccccc12. The first-order chi connectivity index (χ1) is 8.77. The van der Waals surface area contributed by atoms with Gasteiger partial charge in [-0.1, -0.05) is 55.8 Å². The summed E-state index contributed by atoms with van der Waals surface area (Å²) >= 11 is 0. The van der Waals surface area contributed by atoms with Crippen molar-refractivity contribution in [3.63, 3.8) is 0 Å². The highest BCUT2D eigenvalue weighted by molar-refractivity contribution is 5.85. The molecule has 2 rings (SSSR count). The Labute approximate surface area is 108 Å². The number of hydrogen-bond donors (Lipinski definition) is 2. The minimum Gasteiger partial charge on any atom is -0.388 e. The highest BCUT2D eigenvalue weighted by atomic mass is 16.3. The van der Waals surface area contributed by atoms with Gasteiger partial charge in [0, 0.05) is 5.92 Å². The second kappa shape index (κ2) is 5.98. The number of benzene rings is 2. The van der Waals surface area contributed by atoms with Gasteiger partial charge in [-0.2, -0.15) is 0 Å². The standard InChI is InChI=1S/C16H21NO/c1-2-6-13(11-17)16(18)15-10-5-8-12-7-3-4-9-14(12)15/h3-5,7-10,13,16,18H,2,6,11,17H2,1H3. The molecule has 18 heavy (non-hydrogen) atoms. The summed E-state index contributed by atoms with van der Waals surface area (Å²) in [5.41, 5.74) is 6.78. The fourth-order valence-electron chi connectivity index (χ4n) is 2.54. The second-order valence-electron chi connectivity index (χ2n) is 4.80. The Kier molecular flexibility index (Phi) is 4.34. The van der Waals surface area contributed by atoms with E-state index in [4.69, 9.17) is 5.73 Å². The lowest BCUT2D eigenvalue weighted by molar-refractivity contribution is 0.108. The first kappa shape index (κ1) is 13.1. The molecule has 0 fully saturated rings. The van der Waals surface area contributed by atoms with E-state index < -0.39 is 6.10 Å². The van der Waals surface area contributed by atoms with Crippen LogP contribution < -0.4 is 5.73 Å². The number of rotatable bonds is 5. The van der Waals surface area contributed by atoms with Crippen molar-refractivity contribution in [2.45, 2.75) is 25.9 Å². The lowest BCUT2D eigenvalue weighted by atomic mass is 9.89. The molecule has 3 N–H and O–H groups in total. The van der Waals surface area contributed by atoms with E-state index >= 15 is 0 Å². The minimum absolute atomic E-state index is 0.140. The Balaban J connectivity index is 2.40. The van der Waals surface area contributed by atoms with E-state index in [0.29, 0.717) is 6.54 Å². The van der Waals surface area contributed by atoms with Gasteiger partial charge in [0.25, 0.3) is 0 Å². The first-order valence-electron chi connectivity index (χ1n) is 6.63. The van der Waals surface area contributed by atoms with E-state index in [1.807, 2.05) is 24.3 Å². The molecule has 0 heterocycles. The third kappa shape index (κ3) is 2.55. The number of nitrogens with two attached hydrogens (primary N) is 1. The lowest BCUT2D eigenvalue weighted by Crippen LogP contribution is -2.22. The molecular formula is C16H21NO. The summed E-state index contributed by atoms with van der Waals surface area (Å²) in [6.07, 6.45) is 1.53. The van der Waals surface area contributed by atoms with E-state index in [1.165, 1.54) is 5.39 Å². The molecule has 0 radical (unpaired) electrons. The number of aliphatic hydroxyl groups excluding tert-OH is 1. The summed E-state index contributed by atoms with van der Waals surface area (Å²) in [5.74, 6) is 0.140. The molecule has 0 bridgehead atoms. The van der Waals surface area contributed by atoms with E-state index in [9.17, 15) is 5.11 Å². The van der Waals surface area contributed by atoms with Gasteiger partial charge in [0.2, 0.25) is 0 Å². The molecule has 0 saturated heterocycles. The van der Waals surface area contributed by atoms with Crippen LogP contribution in [0.5, 0.6) is 0 Å². The lowest BCUT2D eigenvalue weighted by Gasteiger charge is -2.22. The van der Waals surface area contributed by atoms with Gasteiger partial charge in [0.15, 0.2) is 0 Å². The number of hydrogen-bond acceptors (Lipinski definition) is 2. The van der Waals surface area contributed by atoms with Crippen molar-refractivity contribution in [2.75, 3.05) is 6.54 Å². The predicted octanol–water partition coefficient (Wildman–Crippen LogP) is 3.25. The highest BCUT2D eigenvalue weighted by Crippen LogP contribution is 2.30. The Hall–Kier alpha value is -1.38. The van der Waals surface area contributed by atoms with Crippen molar-refractivity contribution >= 4 is 10.8 Å². The molecule has 0 aliphatic carbocycles. The molecule has 2 unspecified atom stereocenters. The van der Waals surface area contributed by atoms with Gasteiger partial charge in [-0.15, -0.1) is 0 Å². The molecule has 2 heteroatoms. The average molecular weight is 243 g/mol. The summed E-state index contributed by atoms with van der Waals surface area (Å²) in [7, 11) is 0. The Morgan fingerprint density at radius 1 is 1.11 bits per heavy atom. The summed E-state index contributed by atoms with van der Waals surface area (Å²) < 4.78 is 0. The topological polar surface area (TPSA) is 46.2 Å². The van der Waals surface area contributed by atoms with Crippen LogP contribution in [0.15, 0.2) is 42.5 Å². The van der Waals surface area contributed by atoms with Crippen LogP contribution in [0, 0.1) is 5.92 Å². The third-order valence-electron chi connectivity index (χ3n) is 3.55. The van der Waals surface area contributed by atoms with Crippen LogP contribution in [-0.4, -0.2) is 11.7 Å². The average Bonchev–Trinajstić information content (AvgIpc) is 2.43. The molecule has 2 nitrogen and oxygen atoms in total. The van der Waals surface area contributed by atoms with E-state index in [-0.39, 0.29) is 5.92 Å². The van der Waals surface area contributed by atoms with Crippen molar-refractivity contribution in [3.05, 3.63) is 48.0 Å². The van der Waals surface area contributed by atoms with Gasteiger partial charge in [-0.25, -0.2) is 0 Å². The first-order valence-corrected chi connectivity index (χ1v) is 6.63. The fourth-order valence-corrected chi connectivity index (χ4v) is 2.54. The molecule has 2 atom stereocenters. The minimum atomic E-state index is -0.471. The second-order valence-corrected chi connectivity index (χ2v) is 4.80. The quantitative estimate of drug-likeness (QED) is 0.846. The summed E-state index contributed by atoms with van der Waals surface area (Å²) in [5, 5.41) is 12.8. The maximum absolute atomic E-state index is 10.5. The van der Waals surface area contributed by atoms with Crippen LogP contribution in [0.1, 0.15) is 31.4 Å². The molecule has 0 saturated carbocycles. The Bertz CT molecular complexity index is 504. The van der Waals surface area contributed by atoms with Gasteiger partial charge < -0.3 is 10.8 Å². The van der Waals surface area contributed by atoms with E-state index in [0.717, 1.165) is 23.8 Å². The Morgan fingerprint density at radius 3 is 2.56 bits per heavy atom. The van der Waals surface area contributed by atoms with Crippen molar-refractivity contribution < 1.29 is 5.11 Å². The van der Waals surface area contributed by atoms with Gasteiger partial charge >= 0.3 is 0 Å². The van der Waals surface area contributed by atoms with Gasteiger partial charge in [0.05, 0.1) is 6.10 Å². The number of aliphatic hydroxyl groups is 1. The zero-order valence-electron chi connectivity index (χ0n) is 10.8. The highest BCUT2D eigenvalue weighted by Gasteiger charge is 2.20. The number of fused-ring (bicyclic) bond motifs is 1. The van der Waals surface area contributed by atoms with Crippen LogP contribution in [0.2, 0.25) is 0 Å². The molecule has 96 valence electrons. The van der Waals surface area contributed by atoms with Crippen molar-refractivity contribution in [2.24, 2.45) is 11.7 Å². The van der Waals surface area contributed by atoms with Crippen LogP contribution in [-0.2, 0) is 0 Å². The predicted molar refractivity (Wildman–Crippen MR) is 76.4 cm³/mol. The van der Waals surface area contributed by atoms with Gasteiger partial charge in [-0.3, -0.25) is 0 Å². The molecule has 0 spiro atoms. The molecule has 0 aromatic heterocycles. The zero-order chi connectivity index (χ0) is 13.0. The smallest absolute Gasteiger partial charge is 0.0836 e. The summed E-state index contributed by atoms with van der Waals surface area (Å²) in [4.78, 5) is 0.